The number of aromatic nitrogens is 1. The quantitative estimate of drug-likeness (QED) is 0.775. The topological polar surface area (TPSA) is 82.6 Å². The maximum atomic E-state index is 12.5. The molecule has 3 rings (SSSR count). The van der Waals surface area contributed by atoms with Gasteiger partial charge in [-0.15, -0.1) is 0 Å². The highest BCUT2D eigenvalue weighted by Gasteiger charge is 2.25. The van der Waals surface area contributed by atoms with Gasteiger partial charge in [0.1, 0.15) is 5.82 Å². The van der Waals surface area contributed by atoms with Crippen LogP contribution >= 0.6 is 11.6 Å². The average Bonchev–Trinajstić information content (AvgIpc) is 2.69. The zero-order valence-electron chi connectivity index (χ0n) is 15.2. The summed E-state index contributed by atoms with van der Waals surface area (Å²) in [7, 11) is -3.48. The fourth-order valence-corrected chi connectivity index (χ4v) is 4.08. The van der Waals surface area contributed by atoms with Crippen molar-refractivity contribution in [2.24, 2.45) is 0 Å². The van der Waals surface area contributed by atoms with Crippen molar-refractivity contribution in [3.63, 3.8) is 0 Å². The normalized spacial score (nSPS) is 16.3. The van der Waals surface area contributed by atoms with Gasteiger partial charge in [-0.1, -0.05) is 41.9 Å². The Balaban J connectivity index is 1.49. The minimum atomic E-state index is -3.48. The molecule has 1 aliphatic heterocycles. The van der Waals surface area contributed by atoms with Crippen LogP contribution in [0.3, 0.4) is 0 Å². The summed E-state index contributed by atoms with van der Waals surface area (Å²) in [5.41, 5.74) is 0.831. The lowest BCUT2D eigenvalue weighted by Gasteiger charge is -2.32. The minimum absolute atomic E-state index is 0.179. The first-order chi connectivity index (χ1) is 13.4. The number of halogens is 1. The predicted octanol–water partition coefficient (Wildman–Crippen LogP) is 2.29. The second kappa shape index (κ2) is 9.29. The van der Waals surface area contributed by atoms with Gasteiger partial charge in [0.2, 0.25) is 15.9 Å². The fraction of sp³-hybridized carbons (Fsp3) is 0.263. The Hall–Kier alpha value is -2.26. The lowest BCUT2D eigenvalue weighted by atomic mass is 10.2. The van der Waals surface area contributed by atoms with Gasteiger partial charge >= 0.3 is 0 Å². The summed E-state index contributed by atoms with van der Waals surface area (Å²) in [6.07, 6.45) is 3.05. The number of sulfonamides is 1. The zero-order valence-corrected chi connectivity index (χ0v) is 16.7. The number of nitrogens with zero attached hydrogens (tertiary/aromatic N) is 3. The Labute approximate surface area is 169 Å². The average molecular weight is 421 g/mol. The van der Waals surface area contributed by atoms with E-state index >= 15 is 0 Å². The van der Waals surface area contributed by atoms with E-state index in [1.807, 2.05) is 35.2 Å². The number of pyridine rings is 1. The monoisotopic (exact) mass is 420 g/mol. The number of rotatable bonds is 6. The summed E-state index contributed by atoms with van der Waals surface area (Å²) >= 11 is 5.77. The molecule has 0 atom stereocenters. The number of hydrogen-bond donors (Lipinski definition) is 1. The highest BCUT2D eigenvalue weighted by atomic mass is 35.5. The van der Waals surface area contributed by atoms with Gasteiger partial charge in [0, 0.05) is 37.8 Å². The molecule has 0 radical (unpaired) electrons. The van der Waals surface area contributed by atoms with Gasteiger partial charge in [-0.05, 0) is 23.8 Å². The first-order valence-electron chi connectivity index (χ1n) is 8.79. The molecule has 2 aromatic rings. The summed E-state index contributed by atoms with van der Waals surface area (Å²) in [5, 5.41) is 4.43. The number of carbonyl (C=O) groups excluding carboxylic acids is 1. The molecular weight excluding hydrogens is 400 g/mol. The third-order valence-corrected chi connectivity index (χ3v) is 6.07. The predicted molar refractivity (Wildman–Crippen MR) is 110 cm³/mol. The Kier molecular flexibility index (Phi) is 6.79. The number of carbonyl (C=O) groups is 1. The van der Waals surface area contributed by atoms with E-state index in [0.717, 1.165) is 5.56 Å². The molecule has 1 aromatic heterocycles. The summed E-state index contributed by atoms with van der Waals surface area (Å²) < 4.78 is 26.4. The van der Waals surface area contributed by atoms with E-state index in [1.165, 1.54) is 15.9 Å². The van der Waals surface area contributed by atoms with E-state index < -0.39 is 10.0 Å². The summed E-state index contributed by atoms with van der Waals surface area (Å²) in [6.45, 7) is 1.83. The molecule has 0 unspecified atom stereocenters. The molecule has 1 saturated heterocycles. The van der Waals surface area contributed by atoms with E-state index in [9.17, 15) is 13.2 Å². The molecule has 9 heteroatoms. The lowest BCUT2D eigenvalue weighted by molar-refractivity contribution is -0.117. The molecule has 1 N–H and O–H groups in total. The summed E-state index contributed by atoms with van der Waals surface area (Å²) in [6, 6.07) is 12.6. The smallest absolute Gasteiger partial charge is 0.239 e. The zero-order chi connectivity index (χ0) is 20.0. The van der Waals surface area contributed by atoms with E-state index in [2.05, 4.69) is 10.3 Å². The Morgan fingerprint density at radius 3 is 2.46 bits per heavy atom. The highest BCUT2D eigenvalue weighted by Crippen LogP contribution is 2.12. The maximum Gasteiger partial charge on any atom is 0.239 e. The molecule has 1 fully saturated rings. The van der Waals surface area contributed by atoms with Crippen LogP contribution in [0, 0.1) is 0 Å². The van der Waals surface area contributed by atoms with E-state index in [1.54, 1.807) is 18.2 Å². The van der Waals surface area contributed by atoms with E-state index in [-0.39, 0.29) is 12.5 Å². The standard InChI is InChI=1S/C19H21ClN4O3S/c20-17-6-7-18(21-14-17)22-19(25)15-23-9-11-24(12-10-23)28(26,27)13-8-16-4-2-1-3-5-16/h1-8,13-14H,9-12,15H2,(H,21,22,25)/b13-8+. The highest BCUT2D eigenvalue weighted by molar-refractivity contribution is 7.92. The van der Waals surface area contributed by atoms with Crippen LogP contribution in [-0.2, 0) is 14.8 Å². The molecule has 1 aromatic carbocycles. The molecule has 1 amide bonds. The molecule has 0 spiro atoms. The number of amides is 1. The molecule has 1 aliphatic rings. The van der Waals surface area contributed by atoms with Crippen LogP contribution in [0.4, 0.5) is 5.82 Å². The van der Waals surface area contributed by atoms with Crippen molar-refractivity contribution in [3.05, 3.63) is 64.7 Å². The van der Waals surface area contributed by atoms with Gasteiger partial charge in [-0.2, -0.15) is 4.31 Å². The third kappa shape index (κ3) is 5.87. The molecule has 2 heterocycles. The summed E-state index contributed by atoms with van der Waals surface area (Å²) in [5.74, 6) is 0.233. The number of benzene rings is 1. The fourth-order valence-electron chi connectivity index (χ4n) is 2.79. The van der Waals surface area contributed by atoms with Crippen molar-refractivity contribution in [2.75, 3.05) is 38.0 Å². The first-order valence-corrected chi connectivity index (χ1v) is 10.7. The maximum absolute atomic E-state index is 12.5. The number of nitrogens with one attached hydrogen (secondary N) is 1. The lowest BCUT2D eigenvalue weighted by Crippen LogP contribution is -2.49. The van der Waals surface area contributed by atoms with Crippen LogP contribution in [0.25, 0.3) is 6.08 Å². The van der Waals surface area contributed by atoms with Crippen LogP contribution in [0.1, 0.15) is 5.56 Å². The van der Waals surface area contributed by atoms with Crippen LogP contribution in [0.15, 0.2) is 54.1 Å². The van der Waals surface area contributed by atoms with Crippen LogP contribution in [-0.4, -0.2) is 61.2 Å². The van der Waals surface area contributed by atoms with Gasteiger partial charge in [0.05, 0.1) is 11.6 Å². The molecule has 28 heavy (non-hydrogen) atoms. The molecular formula is C19H21ClN4O3S. The largest absolute Gasteiger partial charge is 0.310 e. The van der Waals surface area contributed by atoms with Crippen LogP contribution in [0.5, 0.6) is 0 Å². The van der Waals surface area contributed by atoms with Crippen LogP contribution in [0.2, 0.25) is 5.02 Å². The van der Waals surface area contributed by atoms with Crippen LogP contribution < -0.4 is 5.32 Å². The molecule has 0 aliphatic carbocycles. The molecule has 148 valence electrons. The van der Waals surface area contributed by atoms with Gasteiger partial charge < -0.3 is 5.32 Å². The van der Waals surface area contributed by atoms with Gasteiger partial charge in [-0.3, -0.25) is 9.69 Å². The van der Waals surface area contributed by atoms with Gasteiger partial charge in [0.15, 0.2) is 0 Å². The van der Waals surface area contributed by atoms with E-state index in [0.29, 0.717) is 37.0 Å². The number of piperazine rings is 1. The first kappa shape index (κ1) is 20.5. The van der Waals surface area contributed by atoms with Crippen molar-refractivity contribution in [2.45, 2.75) is 0 Å². The van der Waals surface area contributed by atoms with Gasteiger partial charge in [0.25, 0.3) is 0 Å². The summed E-state index contributed by atoms with van der Waals surface area (Å²) in [4.78, 5) is 18.1. The third-order valence-electron chi connectivity index (χ3n) is 4.29. The molecule has 7 nitrogen and oxygen atoms in total. The number of anilines is 1. The van der Waals surface area contributed by atoms with Crippen molar-refractivity contribution >= 4 is 39.4 Å². The van der Waals surface area contributed by atoms with Crippen molar-refractivity contribution < 1.29 is 13.2 Å². The second-order valence-electron chi connectivity index (χ2n) is 6.34. The van der Waals surface area contributed by atoms with Crippen molar-refractivity contribution in [3.8, 4) is 0 Å². The molecule has 0 bridgehead atoms. The Morgan fingerprint density at radius 1 is 1.11 bits per heavy atom. The Morgan fingerprint density at radius 2 is 1.82 bits per heavy atom. The molecule has 0 saturated carbocycles. The SMILES string of the molecule is O=C(CN1CCN(S(=O)(=O)/C=C/c2ccccc2)CC1)Nc1ccc(Cl)cn1. The minimum Gasteiger partial charge on any atom is -0.310 e. The number of hydrogen-bond acceptors (Lipinski definition) is 5. The van der Waals surface area contributed by atoms with E-state index in [4.69, 9.17) is 11.6 Å². The van der Waals surface area contributed by atoms with Crippen molar-refractivity contribution in [1.29, 1.82) is 0 Å². The second-order valence-corrected chi connectivity index (χ2v) is 8.60. The van der Waals surface area contributed by atoms with Crippen molar-refractivity contribution in [1.82, 2.24) is 14.2 Å². The van der Waals surface area contributed by atoms with Gasteiger partial charge in [-0.25, -0.2) is 13.4 Å². The Bertz CT molecular complexity index is 925.